The van der Waals surface area contributed by atoms with E-state index in [2.05, 4.69) is 0 Å². The van der Waals surface area contributed by atoms with Crippen molar-refractivity contribution in [2.75, 3.05) is 0 Å². The number of aliphatic hydroxyl groups is 1. The molecule has 10 heteroatoms. The number of allylic oxidation sites excluding steroid dienone is 4. The molecular weight excluding hydrogens is 640 g/mol. The first-order valence-electron chi connectivity index (χ1n) is 15.9. The molecule has 262 valence electrons. The second kappa shape index (κ2) is 13.0. The molecule has 6 N–H and O–H groups in total. The average Bonchev–Trinajstić information content (AvgIpc) is 2.99. The second-order valence-corrected chi connectivity index (χ2v) is 14.8. The van der Waals surface area contributed by atoms with Crippen molar-refractivity contribution in [2.45, 2.75) is 67.7 Å². The molecule has 0 saturated carbocycles. The van der Waals surface area contributed by atoms with Crippen molar-refractivity contribution in [1.29, 1.82) is 0 Å². The predicted molar refractivity (Wildman–Crippen MR) is 190 cm³/mol. The molecule has 1 aliphatic carbocycles. The fourth-order valence-corrected chi connectivity index (χ4v) is 6.55. The molecule has 0 radical (unpaired) electrons. The Morgan fingerprint density at radius 1 is 0.660 bits per heavy atom. The van der Waals surface area contributed by atoms with Crippen molar-refractivity contribution >= 4 is 35.5 Å². The molecule has 0 bridgehead atoms. The zero-order chi connectivity index (χ0) is 37.8. The zero-order valence-corrected chi connectivity index (χ0v) is 29.5. The van der Waals surface area contributed by atoms with Crippen LogP contribution >= 0.6 is 0 Å². The van der Waals surface area contributed by atoms with Gasteiger partial charge in [-0.1, -0.05) is 60.1 Å². The van der Waals surface area contributed by atoms with Crippen LogP contribution in [0, 0.1) is 18.3 Å². The smallest absolute Gasteiger partial charge is 0.335 e. The minimum absolute atomic E-state index is 0.0966. The van der Waals surface area contributed by atoms with E-state index in [0.717, 1.165) is 12.1 Å². The van der Waals surface area contributed by atoms with Gasteiger partial charge in [0, 0.05) is 28.2 Å². The highest BCUT2D eigenvalue weighted by Crippen LogP contribution is 2.52. The summed E-state index contributed by atoms with van der Waals surface area (Å²) >= 11 is 0. The number of phenols is 1. The Morgan fingerprint density at radius 2 is 1.10 bits per heavy atom. The van der Waals surface area contributed by atoms with Crippen molar-refractivity contribution in [3.05, 3.63) is 109 Å². The summed E-state index contributed by atoms with van der Waals surface area (Å²) in [6.07, 6.45) is 1.68. The number of benzene rings is 3. The molecule has 1 aliphatic rings. The summed E-state index contributed by atoms with van der Waals surface area (Å²) in [6.45, 7) is 16.8. The van der Waals surface area contributed by atoms with E-state index in [1.165, 1.54) is 24.3 Å². The second-order valence-electron chi connectivity index (χ2n) is 14.8. The van der Waals surface area contributed by atoms with Crippen LogP contribution in [0.3, 0.4) is 0 Å². The van der Waals surface area contributed by atoms with E-state index >= 15 is 0 Å². The van der Waals surface area contributed by atoms with E-state index in [0.29, 0.717) is 55.7 Å². The Labute approximate surface area is 290 Å². The summed E-state index contributed by atoms with van der Waals surface area (Å²) in [7, 11) is 0. The number of carboxylic acids is 4. The van der Waals surface area contributed by atoms with E-state index < -0.39 is 40.6 Å². The van der Waals surface area contributed by atoms with Crippen LogP contribution in [0.5, 0.6) is 5.75 Å². The lowest BCUT2D eigenvalue weighted by Gasteiger charge is -2.37. The lowest BCUT2D eigenvalue weighted by atomic mass is 9.68. The van der Waals surface area contributed by atoms with E-state index in [9.17, 15) is 49.8 Å². The average molecular weight is 683 g/mol. The Bertz CT molecular complexity index is 2010. The quantitative estimate of drug-likeness (QED) is 0.140. The van der Waals surface area contributed by atoms with Gasteiger partial charge in [-0.3, -0.25) is 0 Å². The van der Waals surface area contributed by atoms with Crippen molar-refractivity contribution in [3.8, 4) is 16.9 Å². The summed E-state index contributed by atoms with van der Waals surface area (Å²) in [5, 5.41) is 63.2. The topological polar surface area (TPSA) is 190 Å². The van der Waals surface area contributed by atoms with Crippen LogP contribution in [0.25, 0.3) is 22.8 Å². The number of hydrogen-bond donors (Lipinski definition) is 6. The number of aliphatic hydroxyl groups excluding tert-OH is 1. The molecule has 0 unspecified atom stereocenters. The van der Waals surface area contributed by atoms with E-state index in [1.54, 1.807) is 26.0 Å². The third kappa shape index (κ3) is 6.92. The van der Waals surface area contributed by atoms with E-state index in [4.69, 9.17) is 0 Å². The SMILES string of the molecule is CC1=C(c2c(C)c(-c3cc(C(=O)O)cc(C(=O)O)c3)cc(C(C)(C)C)c2O)C(O)=C(C(C)(C)C)/C(=C\c2cc(C(=O)O)cc(C(=O)O)c2)[C@@H]1C. The van der Waals surface area contributed by atoms with Gasteiger partial charge in [-0.25, -0.2) is 19.2 Å². The molecule has 50 heavy (non-hydrogen) atoms. The summed E-state index contributed by atoms with van der Waals surface area (Å²) in [4.78, 5) is 47.7. The third-order valence-corrected chi connectivity index (χ3v) is 9.15. The molecule has 4 rings (SSSR count). The molecule has 0 aromatic heterocycles. The van der Waals surface area contributed by atoms with Crippen LogP contribution in [0.4, 0.5) is 0 Å². The molecule has 3 aromatic rings. The first-order chi connectivity index (χ1) is 22.9. The summed E-state index contributed by atoms with van der Waals surface area (Å²) in [5.74, 6) is -5.86. The van der Waals surface area contributed by atoms with Gasteiger partial charge in [-0.15, -0.1) is 0 Å². The Balaban J connectivity index is 2.13. The first kappa shape index (κ1) is 37.2. The van der Waals surface area contributed by atoms with Crippen LogP contribution in [0.1, 0.15) is 119 Å². The summed E-state index contributed by atoms with van der Waals surface area (Å²) in [5.41, 5.74) is 2.25. The number of rotatable bonds is 7. The molecule has 0 amide bonds. The van der Waals surface area contributed by atoms with Gasteiger partial charge < -0.3 is 30.6 Å². The fraction of sp³-hybridized carbons (Fsp3) is 0.300. The molecule has 0 saturated heterocycles. The van der Waals surface area contributed by atoms with Gasteiger partial charge in [-0.05, 0) is 95.0 Å². The van der Waals surface area contributed by atoms with Crippen molar-refractivity contribution in [1.82, 2.24) is 0 Å². The monoisotopic (exact) mass is 682 g/mol. The number of hydrogen-bond acceptors (Lipinski definition) is 6. The van der Waals surface area contributed by atoms with Gasteiger partial charge >= 0.3 is 23.9 Å². The van der Waals surface area contributed by atoms with Crippen molar-refractivity contribution in [2.24, 2.45) is 11.3 Å². The zero-order valence-electron chi connectivity index (χ0n) is 29.5. The van der Waals surface area contributed by atoms with Gasteiger partial charge in [0.15, 0.2) is 0 Å². The fourth-order valence-electron chi connectivity index (χ4n) is 6.55. The number of aromatic carboxylic acids is 4. The lowest BCUT2D eigenvalue weighted by Crippen LogP contribution is -2.24. The maximum Gasteiger partial charge on any atom is 0.335 e. The van der Waals surface area contributed by atoms with Gasteiger partial charge in [0.1, 0.15) is 11.5 Å². The van der Waals surface area contributed by atoms with Gasteiger partial charge in [-0.2, -0.15) is 0 Å². The minimum atomic E-state index is -1.30. The summed E-state index contributed by atoms with van der Waals surface area (Å²) in [6, 6.07) is 9.36. The molecule has 1 atom stereocenters. The van der Waals surface area contributed by atoms with Crippen LogP contribution in [-0.4, -0.2) is 54.5 Å². The number of carboxylic acid groups (broad SMARTS) is 4. The maximum absolute atomic E-state index is 12.3. The third-order valence-electron chi connectivity index (χ3n) is 9.15. The van der Waals surface area contributed by atoms with Gasteiger partial charge in [0.25, 0.3) is 0 Å². The largest absolute Gasteiger partial charge is 0.507 e. The molecule has 0 fully saturated rings. The molecule has 0 heterocycles. The molecule has 3 aromatic carbocycles. The highest BCUT2D eigenvalue weighted by molar-refractivity contribution is 5.98. The van der Waals surface area contributed by atoms with Crippen LogP contribution < -0.4 is 0 Å². The summed E-state index contributed by atoms with van der Waals surface area (Å²) < 4.78 is 0. The lowest BCUT2D eigenvalue weighted by molar-refractivity contribution is 0.0676. The van der Waals surface area contributed by atoms with Crippen LogP contribution in [-0.2, 0) is 5.41 Å². The molecule has 0 aliphatic heterocycles. The molecule has 10 nitrogen and oxygen atoms in total. The number of aromatic hydroxyl groups is 1. The van der Waals surface area contributed by atoms with Crippen molar-refractivity contribution in [3.63, 3.8) is 0 Å². The molecular formula is C40H42O10. The molecule has 0 spiro atoms. The standard InChI is InChI=1S/C40H42O10/c1-18-19(2)30(34(42)32(40(7,8)9)28(18)12-21-10-23(35(43)44)15-24(11-21)36(45)46)31-20(3)27(17-29(33(31)41)39(4,5)6)22-13-25(37(47)48)16-26(14-22)38(49)50/h10-18,41-42H,1-9H3,(H,43,44)(H,45,46)(H,47,48)(H,49,50)/b28-12-/t18-/m1/s1. The van der Waals surface area contributed by atoms with E-state index in [1.807, 2.05) is 48.5 Å². The predicted octanol–water partition coefficient (Wildman–Crippen LogP) is 8.82. The van der Waals surface area contributed by atoms with E-state index in [-0.39, 0.29) is 33.8 Å². The number of phenolic OH excluding ortho intramolecular Hbond substituents is 1. The Hall–Kier alpha value is -5.64. The van der Waals surface area contributed by atoms with Gasteiger partial charge in [0.05, 0.1) is 22.3 Å². The highest BCUT2D eigenvalue weighted by Gasteiger charge is 2.38. The maximum atomic E-state index is 12.3. The Kier molecular flexibility index (Phi) is 9.67. The van der Waals surface area contributed by atoms with Crippen LogP contribution in [0.2, 0.25) is 0 Å². The van der Waals surface area contributed by atoms with Crippen molar-refractivity contribution < 1.29 is 49.8 Å². The number of carbonyl (C=O) groups is 4. The first-order valence-corrected chi connectivity index (χ1v) is 15.9. The normalized spacial score (nSPS) is 16.2. The highest BCUT2D eigenvalue weighted by atomic mass is 16.4. The Morgan fingerprint density at radius 3 is 1.50 bits per heavy atom. The minimum Gasteiger partial charge on any atom is -0.507 e. The van der Waals surface area contributed by atoms with Crippen LogP contribution in [0.15, 0.2) is 64.9 Å². The van der Waals surface area contributed by atoms with Gasteiger partial charge in [0.2, 0.25) is 0 Å².